The topological polar surface area (TPSA) is 66.5 Å². The standard InChI is InChI=1S/C24H35BrN2O3S/c1-15-10-16(2)14-27(13-15)31(29,30)20-11-17(6-7-19(20)25)21(28)26-22-23(3,4)18-8-9-24(22,5)12-18/h6-7,11,15-16,18,22H,8-10,12-14H2,1-5H3,(H,26,28)/t15?,16?,18-,22?,24?/m1/s1. The van der Waals surface area contributed by atoms with Crippen molar-refractivity contribution in [3.8, 4) is 0 Å². The Kier molecular flexibility index (Phi) is 5.88. The van der Waals surface area contributed by atoms with Crippen LogP contribution in [0.5, 0.6) is 0 Å². The molecule has 1 aliphatic heterocycles. The third-order valence-electron chi connectivity index (χ3n) is 8.19. The first kappa shape index (κ1) is 23.2. The van der Waals surface area contributed by atoms with Gasteiger partial charge < -0.3 is 5.32 Å². The van der Waals surface area contributed by atoms with Gasteiger partial charge in [-0.1, -0.05) is 34.6 Å². The highest BCUT2D eigenvalue weighted by Crippen LogP contribution is 2.62. The smallest absolute Gasteiger partial charge is 0.251 e. The molecule has 1 N–H and O–H groups in total. The van der Waals surface area contributed by atoms with E-state index >= 15 is 0 Å². The Labute approximate surface area is 195 Å². The molecule has 1 amide bonds. The molecule has 3 fully saturated rings. The average Bonchev–Trinajstić information content (AvgIpc) is 3.15. The van der Waals surface area contributed by atoms with E-state index in [0.29, 0.717) is 40.9 Å². The molecule has 0 spiro atoms. The Bertz CT molecular complexity index is 978. The Morgan fingerprint density at radius 1 is 1.16 bits per heavy atom. The molecule has 2 aliphatic carbocycles. The van der Waals surface area contributed by atoms with Crippen molar-refractivity contribution >= 4 is 31.9 Å². The highest BCUT2D eigenvalue weighted by atomic mass is 79.9. The lowest BCUT2D eigenvalue weighted by atomic mass is 9.68. The van der Waals surface area contributed by atoms with E-state index in [0.717, 1.165) is 19.3 Å². The number of hydrogen-bond acceptors (Lipinski definition) is 3. The number of halogens is 1. The molecule has 172 valence electrons. The van der Waals surface area contributed by atoms with Gasteiger partial charge in [-0.05, 0) is 88.4 Å². The fourth-order valence-corrected chi connectivity index (χ4v) is 9.29. The van der Waals surface area contributed by atoms with Gasteiger partial charge in [0.25, 0.3) is 5.91 Å². The predicted octanol–water partition coefficient (Wildman–Crippen LogP) is 5.06. The summed E-state index contributed by atoms with van der Waals surface area (Å²) in [5.41, 5.74) is 0.573. The molecule has 2 saturated carbocycles. The van der Waals surface area contributed by atoms with Crippen molar-refractivity contribution in [3.05, 3.63) is 28.2 Å². The maximum absolute atomic E-state index is 13.4. The van der Waals surface area contributed by atoms with E-state index in [2.05, 4.69) is 55.9 Å². The zero-order valence-corrected chi connectivity index (χ0v) is 21.6. The van der Waals surface area contributed by atoms with Gasteiger partial charge in [-0.25, -0.2) is 8.42 Å². The van der Waals surface area contributed by atoms with Gasteiger partial charge in [0, 0.05) is 29.2 Å². The van der Waals surface area contributed by atoms with E-state index in [9.17, 15) is 13.2 Å². The van der Waals surface area contributed by atoms with E-state index in [1.165, 1.54) is 6.42 Å². The summed E-state index contributed by atoms with van der Waals surface area (Å²) in [7, 11) is -3.68. The Morgan fingerprint density at radius 3 is 2.39 bits per heavy atom. The first-order valence-electron chi connectivity index (χ1n) is 11.4. The fraction of sp³-hybridized carbons (Fsp3) is 0.708. The minimum atomic E-state index is -3.68. The molecule has 0 aromatic heterocycles. The third-order valence-corrected chi connectivity index (χ3v) is 11.0. The molecule has 1 aromatic rings. The van der Waals surface area contributed by atoms with Gasteiger partial charge in [0.05, 0.1) is 4.90 Å². The molecule has 7 heteroatoms. The zero-order valence-electron chi connectivity index (χ0n) is 19.2. The largest absolute Gasteiger partial charge is 0.348 e. The average molecular weight is 512 g/mol. The second-order valence-electron chi connectivity index (χ2n) is 11.2. The van der Waals surface area contributed by atoms with Crippen molar-refractivity contribution < 1.29 is 13.2 Å². The zero-order chi connectivity index (χ0) is 22.8. The van der Waals surface area contributed by atoms with Crippen molar-refractivity contribution in [1.29, 1.82) is 0 Å². The molecule has 5 nitrogen and oxygen atoms in total. The number of sulfonamides is 1. The van der Waals surface area contributed by atoms with Crippen LogP contribution in [0.15, 0.2) is 27.6 Å². The van der Waals surface area contributed by atoms with Crippen LogP contribution in [-0.4, -0.2) is 37.8 Å². The number of fused-ring (bicyclic) bond motifs is 2. The molecule has 2 bridgehead atoms. The molecule has 1 heterocycles. The van der Waals surface area contributed by atoms with Crippen LogP contribution in [0.2, 0.25) is 0 Å². The Balaban J connectivity index is 1.60. The van der Waals surface area contributed by atoms with E-state index in [-0.39, 0.29) is 27.7 Å². The number of piperidine rings is 1. The van der Waals surface area contributed by atoms with Crippen molar-refractivity contribution in [1.82, 2.24) is 9.62 Å². The van der Waals surface area contributed by atoms with Crippen molar-refractivity contribution in [2.45, 2.75) is 71.2 Å². The number of amides is 1. The van der Waals surface area contributed by atoms with Gasteiger partial charge in [-0.2, -0.15) is 4.31 Å². The molecular formula is C24H35BrN2O3S. The minimum absolute atomic E-state index is 0.0486. The number of nitrogens with zero attached hydrogens (tertiary/aromatic N) is 1. The van der Waals surface area contributed by atoms with E-state index < -0.39 is 10.0 Å². The van der Waals surface area contributed by atoms with Crippen LogP contribution in [-0.2, 0) is 10.0 Å². The lowest BCUT2D eigenvalue weighted by Crippen LogP contribution is -2.52. The monoisotopic (exact) mass is 510 g/mol. The van der Waals surface area contributed by atoms with E-state index in [4.69, 9.17) is 0 Å². The lowest BCUT2D eigenvalue weighted by Gasteiger charge is -2.43. The maximum Gasteiger partial charge on any atom is 0.251 e. The number of carbonyl (C=O) groups excluding carboxylic acids is 1. The molecule has 4 unspecified atom stereocenters. The van der Waals surface area contributed by atoms with E-state index in [1.54, 1.807) is 22.5 Å². The quantitative estimate of drug-likeness (QED) is 0.615. The van der Waals surface area contributed by atoms with Crippen molar-refractivity contribution in [2.75, 3.05) is 13.1 Å². The van der Waals surface area contributed by atoms with Gasteiger partial charge in [-0.3, -0.25) is 4.79 Å². The minimum Gasteiger partial charge on any atom is -0.348 e. The van der Waals surface area contributed by atoms with Crippen LogP contribution in [0.3, 0.4) is 0 Å². The molecule has 0 radical (unpaired) electrons. The highest BCUT2D eigenvalue weighted by molar-refractivity contribution is 9.10. The first-order chi connectivity index (χ1) is 14.3. The summed E-state index contributed by atoms with van der Waals surface area (Å²) in [6.07, 6.45) is 4.55. The molecular weight excluding hydrogens is 476 g/mol. The van der Waals surface area contributed by atoms with Gasteiger partial charge in [0.2, 0.25) is 10.0 Å². The molecule has 4 rings (SSSR count). The van der Waals surface area contributed by atoms with Crippen LogP contribution in [0.1, 0.15) is 70.7 Å². The number of rotatable bonds is 4. The van der Waals surface area contributed by atoms with Gasteiger partial charge in [-0.15, -0.1) is 0 Å². The summed E-state index contributed by atoms with van der Waals surface area (Å²) >= 11 is 3.42. The van der Waals surface area contributed by atoms with Crippen LogP contribution >= 0.6 is 15.9 Å². The predicted molar refractivity (Wildman–Crippen MR) is 126 cm³/mol. The molecule has 31 heavy (non-hydrogen) atoms. The summed E-state index contributed by atoms with van der Waals surface area (Å²) in [6.45, 7) is 12.0. The van der Waals surface area contributed by atoms with Crippen molar-refractivity contribution in [3.63, 3.8) is 0 Å². The van der Waals surface area contributed by atoms with Gasteiger partial charge >= 0.3 is 0 Å². The van der Waals surface area contributed by atoms with Crippen LogP contribution in [0.4, 0.5) is 0 Å². The van der Waals surface area contributed by atoms with Gasteiger partial charge in [0.15, 0.2) is 0 Å². The van der Waals surface area contributed by atoms with Crippen LogP contribution in [0, 0.1) is 28.6 Å². The summed E-state index contributed by atoms with van der Waals surface area (Å²) in [5, 5.41) is 3.29. The molecule has 1 saturated heterocycles. The third kappa shape index (κ3) is 3.99. The second kappa shape index (κ2) is 7.84. The van der Waals surface area contributed by atoms with Gasteiger partial charge in [0.1, 0.15) is 0 Å². The number of carbonyl (C=O) groups is 1. The second-order valence-corrected chi connectivity index (χ2v) is 14.0. The summed E-state index contributed by atoms with van der Waals surface area (Å²) in [5.74, 6) is 1.09. The summed E-state index contributed by atoms with van der Waals surface area (Å²) in [6, 6.07) is 5.04. The molecule has 1 aromatic carbocycles. The Hall–Kier alpha value is -0.920. The molecule has 5 atom stereocenters. The Morgan fingerprint density at radius 2 is 1.81 bits per heavy atom. The molecule has 3 aliphatic rings. The van der Waals surface area contributed by atoms with Crippen molar-refractivity contribution in [2.24, 2.45) is 28.6 Å². The van der Waals surface area contributed by atoms with Crippen LogP contribution in [0.25, 0.3) is 0 Å². The fourth-order valence-electron chi connectivity index (χ4n) is 6.66. The normalized spacial score (nSPS) is 35.3. The summed E-state index contributed by atoms with van der Waals surface area (Å²) < 4.78 is 29.0. The van der Waals surface area contributed by atoms with Crippen LogP contribution < -0.4 is 5.32 Å². The highest BCUT2D eigenvalue weighted by Gasteiger charge is 2.59. The number of hydrogen-bond donors (Lipinski definition) is 1. The number of benzene rings is 1. The summed E-state index contributed by atoms with van der Waals surface area (Å²) in [4.78, 5) is 13.4. The van der Waals surface area contributed by atoms with E-state index in [1.807, 2.05) is 0 Å². The maximum atomic E-state index is 13.4. The lowest BCUT2D eigenvalue weighted by molar-refractivity contribution is 0.0737. The SMILES string of the molecule is CC1CC(C)CN(S(=O)(=O)c2cc(C(=O)NC3C4(C)CC[C@H](C4)C3(C)C)ccc2Br)C1. The first-order valence-corrected chi connectivity index (χ1v) is 13.7. The number of nitrogens with one attached hydrogen (secondary N) is 1.